The zero-order valence-corrected chi connectivity index (χ0v) is 29.0. The molecule has 0 fully saturated rings. The van der Waals surface area contributed by atoms with Crippen LogP contribution in [-0.2, 0) is 37.8 Å². The fraction of sp³-hybridized carbons (Fsp3) is 0.167. The Morgan fingerprint density at radius 2 is 1.71 bits per heavy atom. The minimum atomic E-state index is -4.68. The second-order valence-electron chi connectivity index (χ2n) is 8.57. The normalized spacial score (nSPS) is 11.2. The summed E-state index contributed by atoms with van der Waals surface area (Å²) >= 11 is 7.03. The van der Waals surface area contributed by atoms with Gasteiger partial charge in [0.2, 0.25) is 11.2 Å². The molecular formula is C24H25ClN6O14S4. The molecule has 3 aromatic carbocycles. The second kappa shape index (κ2) is 19.5. The molecule has 4 rings (SSSR count). The number of methoxy groups -OCH3 is 1. The Morgan fingerprint density at radius 1 is 1.00 bits per heavy atom. The fourth-order valence-electron chi connectivity index (χ4n) is 3.63. The molecule has 49 heavy (non-hydrogen) atoms. The van der Waals surface area contributed by atoms with E-state index in [0.29, 0.717) is 34.8 Å². The summed E-state index contributed by atoms with van der Waals surface area (Å²) in [6, 6.07) is 8.59. The molecule has 8 N–H and O–H groups in total. The Kier molecular flexibility index (Phi) is 16.6. The van der Waals surface area contributed by atoms with Gasteiger partial charge in [0.25, 0.3) is 10.1 Å². The molecule has 0 bridgehead atoms. The first-order valence-electron chi connectivity index (χ1n) is 12.4. The van der Waals surface area contributed by atoms with Crippen molar-refractivity contribution in [2.75, 3.05) is 18.6 Å². The smallest absolute Gasteiger partial charge is 0.330 e. The molecule has 0 saturated carbocycles. The van der Waals surface area contributed by atoms with Gasteiger partial charge in [-0.1, -0.05) is 22.2 Å². The van der Waals surface area contributed by atoms with Gasteiger partial charge in [-0.15, -0.1) is 18.9 Å². The number of carbonyl (C=O) groups excluding carboxylic acids is 1. The average Bonchev–Trinajstić information content (AvgIpc) is 3.01. The highest BCUT2D eigenvalue weighted by atomic mass is 35.5. The predicted octanol–water partition coefficient (Wildman–Crippen LogP) is 5.16. The van der Waals surface area contributed by atoms with Gasteiger partial charge in [0, 0.05) is 22.8 Å². The Balaban J connectivity index is 0.000000721. The number of ether oxygens (including phenoxy) is 1. The molecule has 1 aromatic heterocycles. The van der Waals surface area contributed by atoms with Gasteiger partial charge in [-0.25, -0.2) is 15.5 Å². The lowest BCUT2D eigenvalue weighted by atomic mass is 10.1. The minimum absolute atomic E-state index is 0. The Morgan fingerprint density at radius 3 is 2.33 bits per heavy atom. The number of fused-ring (bicyclic) bond motifs is 1. The summed E-state index contributed by atoms with van der Waals surface area (Å²) < 4.78 is 52.6. The van der Waals surface area contributed by atoms with E-state index in [1.165, 1.54) is 50.4 Å². The Labute approximate surface area is 294 Å². The number of aromatic hydroxyl groups is 1. The number of aromatic nitrogens is 3. The summed E-state index contributed by atoms with van der Waals surface area (Å²) in [5.41, 5.74) is 5.43. The Bertz CT molecular complexity index is 1860. The Hall–Kier alpha value is -3.63. The van der Waals surface area contributed by atoms with Gasteiger partial charge < -0.3 is 25.2 Å². The van der Waals surface area contributed by atoms with Crippen LogP contribution in [0.15, 0.2) is 61.3 Å². The van der Waals surface area contributed by atoms with Crippen molar-refractivity contribution in [2.45, 2.75) is 28.5 Å². The molecule has 20 nitrogen and oxygen atoms in total. The van der Waals surface area contributed by atoms with Gasteiger partial charge in [0.1, 0.15) is 33.6 Å². The van der Waals surface area contributed by atoms with E-state index in [2.05, 4.69) is 43.9 Å². The highest BCUT2D eigenvalue weighted by Gasteiger charge is 2.23. The van der Waals surface area contributed by atoms with Crippen molar-refractivity contribution >= 4 is 91.9 Å². The molecule has 0 aliphatic rings. The first-order chi connectivity index (χ1) is 22.8. The lowest BCUT2D eigenvalue weighted by Crippen LogP contribution is -2.02. The summed E-state index contributed by atoms with van der Waals surface area (Å²) in [6.45, 7) is 3.16. The standard InChI is InChI=1S/C20H18N2O13S4.C4H5ClN4.H2O/c1-10-3-5-12-13(20(10)39(27,28)29)8-16(38-35-33-26)18(19(12)24)22-21-14-6-4-11(7-15(14)30-2)37-31-17(23)9-36-34-32-25;1-2-7-3(5)9-4(6)8-2;/h3-8,24-26H,9H2,1-2H3,(H,27,28,29);1H3,(H2,6,7,8,9);1H2. The quantitative estimate of drug-likeness (QED) is 0.0292. The number of nitrogens with zero attached hydrogens (tertiary/aromatic N) is 5. The number of nitrogens with two attached hydrogens (primary N) is 1. The monoisotopic (exact) mass is 784 g/mol. The SMILES string of the molecule is COc1cc(SOC(=O)CSOOO)ccc1N=Nc1c(SOOO)cc2c(S(=O)(=O)O)c(C)ccc2c1O.Cc1nc(N)nc(Cl)n1.O. The van der Waals surface area contributed by atoms with Crippen LogP contribution in [0.25, 0.3) is 10.8 Å². The van der Waals surface area contributed by atoms with E-state index in [4.69, 9.17) is 36.8 Å². The fourth-order valence-corrected chi connectivity index (χ4v) is 6.10. The van der Waals surface area contributed by atoms with E-state index in [-0.39, 0.29) is 60.8 Å². The third kappa shape index (κ3) is 12.0. The van der Waals surface area contributed by atoms with Crippen LogP contribution in [0.4, 0.5) is 17.3 Å². The molecule has 1 heterocycles. The lowest BCUT2D eigenvalue weighted by molar-refractivity contribution is -0.432. The van der Waals surface area contributed by atoms with Crippen molar-refractivity contribution in [3.8, 4) is 11.5 Å². The summed E-state index contributed by atoms with van der Waals surface area (Å²) in [7, 11) is -3.32. The maximum atomic E-state index is 12.0. The molecule has 0 aliphatic heterocycles. The number of phenols is 1. The van der Waals surface area contributed by atoms with E-state index in [9.17, 15) is 22.9 Å². The second-order valence-corrected chi connectivity index (χ2v) is 12.5. The van der Waals surface area contributed by atoms with Gasteiger partial charge in [0.05, 0.1) is 41.0 Å². The number of rotatable bonds is 13. The van der Waals surface area contributed by atoms with Gasteiger partial charge in [0.15, 0.2) is 5.75 Å². The van der Waals surface area contributed by atoms with Crippen LogP contribution in [0.5, 0.6) is 11.5 Å². The van der Waals surface area contributed by atoms with Gasteiger partial charge in [-0.3, -0.25) is 9.35 Å². The van der Waals surface area contributed by atoms with Gasteiger partial charge in [-0.05, 0) is 55.3 Å². The van der Waals surface area contributed by atoms with Crippen molar-refractivity contribution in [3.05, 3.63) is 53.1 Å². The molecule has 0 radical (unpaired) electrons. The highest BCUT2D eigenvalue weighted by molar-refractivity contribution is 7.96. The third-order valence-corrected chi connectivity index (χ3v) is 8.50. The molecule has 0 spiro atoms. The van der Waals surface area contributed by atoms with Crippen LogP contribution in [0.2, 0.25) is 5.28 Å². The van der Waals surface area contributed by atoms with Crippen LogP contribution in [0.3, 0.4) is 0 Å². The van der Waals surface area contributed by atoms with Crippen LogP contribution in [0.1, 0.15) is 11.4 Å². The highest BCUT2D eigenvalue weighted by Crippen LogP contribution is 2.46. The third-order valence-electron chi connectivity index (χ3n) is 5.43. The van der Waals surface area contributed by atoms with Gasteiger partial charge in [-0.2, -0.15) is 18.4 Å². The van der Waals surface area contributed by atoms with Crippen molar-refractivity contribution in [1.82, 2.24) is 15.0 Å². The van der Waals surface area contributed by atoms with Crippen molar-refractivity contribution in [1.29, 1.82) is 0 Å². The van der Waals surface area contributed by atoms with E-state index in [1.54, 1.807) is 6.92 Å². The predicted molar refractivity (Wildman–Crippen MR) is 175 cm³/mol. The summed E-state index contributed by atoms with van der Waals surface area (Å²) in [4.78, 5) is 22.6. The van der Waals surface area contributed by atoms with Crippen molar-refractivity contribution < 1.29 is 66.5 Å². The first kappa shape index (κ1) is 41.5. The van der Waals surface area contributed by atoms with Crippen molar-refractivity contribution in [2.24, 2.45) is 10.2 Å². The number of nitrogen functional groups attached to an aromatic ring is 1. The van der Waals surface area contributed by atoms with Crippen LogP contribution in [0, 0.1) is 13.8 Å². The van der Waals surface area contributed by atoms with E-state index in [1.807, 2.05) is 0 Å². The number of hydrogen-bond acceptors (Lipinski definition) is 21. The number of hydrogen-bond donors (Lipinski definition) is 5. The molecule has 0 unspecified atom stereocenters. The van der Waals surface area contributed by atoms with E-state index < -0.39 is 26.7 Å². The summed E-state index contributed by atoms with van der Waals surface area (Å²) in [5.74, 6) is -0.539. The van der Waals surface area contributed by atoms with Gasteiger partial charge >= 0.3 is 5.97 Å². The topological polar surface area (TPSA) is 308 Å². The number of benzene rings is 3. The number of halogens is 1. The molecule has 0 aliphatic carbocycles. The van der Waals surface area contributed by atoms with Crippen LogP contribution < -0.4 is 10.5 Å². The molecular weight excluding hydrogens is 760 g/mol. The maximum absolute atomic E-state index is 12.0. The molecule has 0 atom stereocenters. The van der Waals surface area contributed by atoms with Crippen molar-refractivity contribution in [3.63, 3.8) is 0 Å². The zero-order chi connectivity index (χ0) is 35.4. The first-order valence-corrected chi connectivity index (χ1v) is 16.6. The lowest BCUT2D eigenvalue weighted by Gasteiger charge is -2.13. The molecule has 0 amide bonds. The average molecular weight is 785 g/mol. The number of aryl methyl sites for hydroxylation is 2. The summed E-state index contributed by atoms with van der Waals surface area (Å²) in [5, 5.41) is 42.8. The number of phenolic OH excluding ortho intramolecular Hbond substituents is 1. The van der Waals surface area contributed by atoms with Crippen LogP contribution in [-0.4, -0.2) is 67.9 Å². The number of azo groups is 1. The van der Waals surface area contributed by atoms with E-state index >= 15 is 0 Å². The zero-order valence-electron chi connectivity index (χ0n) is 25.0. The van der Waals surface area contributed by atoms with E-state index in [0.717, 1.165) is 12.0 Å². The minimum Gasteiger partial charge on any atom is -0.505 e. The summed E-state index contributed by atoms with van der Waals surface area (Å²) in [6.07, 6.45) is 0. The number of carbonyl (C=O) groups is 1. The number of anilines is 1. The molecule has 266 valence electrons. The molecule has 4 aromatic rings. The largest absolute Gasteiger partial charge is 0.505 e. The molecule has 0 saturated heterocycles. The van der Waals surface area contributed by atoms with Crippen LogP contribution >= 0.6 is 47.7 Å². The molecule has 25 heteroatoms. The maximum Gasteiger partial charge on any atom is 0.330 e.